The minimum Gasteiger partial charge on any atom is -0.450 e. The van der Waals surface area contributed by atoms with Crippen molar-refractivity contribution in [3.63, 3.8) is 0 Å². The molecule has 0 N–H and O–H groups in total. The lowest BCUT2D eigenvalue weighted by atomic mass is 10.4. The van der Waals surface area contributed by atoms with Crippen LogP contribution in [-0.2, 0) is 4.74 Å². The van der Waals surface area contributed by atoms with E-state index in [-0.39, 0.29) is 18.2 Å². The van der Waals surface area contributed by atoms with Gasteiger partial charge in [0.2, 0.25) is 0 Å². The number of nitrogens with zero attached hydrogens (tertiary/aromatic N) is 3. The highest BCUT2D eigenvalue weighted by molar-refractivity contribution is 5.68. The molecular weight excluding hydrogens is 170 g/mol. The monoisotopic (exact) mass is 187 g/mol. The van der Waals surface area contributed by atoms with Crippen LogP contribution in [-0.4, -0.2) is 27.6 Å². The molecule has 1 rings (SSSR count). The average molecular weight is 187 g/mol. The van der Waals surface area contributed by atoms with Crippen molar-refractivity contribution in [1.82, 2.24) is 14.4 Å². The summed E-state index contributed by atoms with van der Waals surface area (Å²) in [6.45, 7) is 8.10. The van der Waals surface area contributed by atoms with Crippen LogP contribution in [0.2, 0.25) is 0 Å². The first-order valence-corrected chi connectivity index (χ1v) is 4.47. The Balaban J connectivity index is 2.88. The molecule has 0 atom stereocenters. The van der Waals surface area contributed by atoms with Crippen LogP contribution in [0.15, 0.2) is 0 Å². The zero-order valence-corrected chi connectivity index (χ0v) is 8.81. The van der Waals surface area contributed by atoms with Gasteiger partial charge in [0.1, 0.15) is 0 Å². The first-order chi connectivity index (χ1) is 6.00. The smallest absolute Gasteiger partial charge is 0.450 e. The molecule has 0 fully saturated rings. The van der Waals surface area contributed by atoms with Crippen LogP contribution in [0.4, 0.5) is 4.79 Å². The van der Waals surface area contributed by atoms with Gasteiger partial charge in [0.15, 0.2) is 0 Å². The second kappa shape index (κ2) is 3.32. The third-order valence-corrected chi connectivity index (χ3v) is 1.83. The molecule has 0 aromatic carbocycles. The van der Waals surface area contributed by atoms with Crippen molar-refractivity contribution in [2.24, 2.45) is 0 Å². The molecular formula is C8H17N3O2. The Morgan fingerprint density at radius 1 is 1.08 bits per heavy atom. The van der Waals surface area contributed by atoms with Crippen LogP contribution in [0.5, 0.6) is 0 Å². The number of hydrogen-bond acceptors (Lipinski definition) is 2. The molecule has 1 aromatic heterocycles. The zero-order chi connectivity index (χ0) is 10.2. The highest BCUT2D eigenvalue weighted by Crippen LogP contribution is 2.17. The van der Waals surface area contributed by atoms with Crippen LogP contribution >= 0.6 is 0 Å². The van der Waals surface area contributed by atoms with Crippen molar-refractivity contribution in [2.45, 2.75) is 39.8 Å². The molecule has 0 amide bonds. The highest BCUT2D eigenvalue weighted by atomic mass is 16.6. The predicted octanol–water partition coefficient (Wildman–Crippen LogP) is 1.87. The Morgan fingerprint density at radius 2 is 1.46 bits per heavy atom. The molecule has 0 radical (unpaired) electrons. The number of aromatic nitrogens is 3. The molecule has 1 heterocycles. The lowest BCUT2D eigenvalue weighted by Crippen LogP contribution is -2.10. The number of carbonyl (C=O) groups is 1. The van der Waals surface area contributed by atoms with Crippen LogP contribution in [0, 0.1) is 0 Å². The van der Waals surface area contributed by atoms with Crippen molar-refractivity contribution in [2.75, 3.05) is 7.11 Å². The van der Waals surface area contributed by atoms with E-state index in [2.05, 4.69) is 4.74 Å². The van der Waals surface area contributed by atoms with E-state index in [1.807, 2.05) is 37.3 Å². The van der Waals surface area contributed by atoms with Gasteiger partial charge in [0, 0.05) is 0 Å². The summed E-state index contributed by atoms with van der Waals surface area (Å²) in [5, 5.41) is 0. The van der Waals surface area contributed by atoms with Crippen molar-refractivity contribution in [1.29, 1.82) is 0 Å². The van der Waals surface area contributed by atoms with Gasteiger partial charge in [-0.3, -0.25) is 0 Å². The van der Waals surface area contributed by atoms with Gasteiger partial charge in [-0.05, 0) is 27.7 Å². The minimum atomic E-state index is -0.331. The van der Waals surface area contributed by atoms with Crippen molar-refractivity contribution in [3.05, 3.63) is 0 Å². The SMILES string of the molecule is COC(=O)n1n(C(C)C)n1C(C)C. The summed E-state index contributed by atoms with van der Waals surface area (Å²) in [5.41, 5.74) is 0. The fourth-order valence-electron chi connectivity index (χ4n) is 1.31. The molecule has 0 aliphatic rings. The van der Waals surface area contributed by atoms with Crippen LogP contribution < -0.4 is 0 Å². The molecule has 1 aromatic rings. The van der Waals surface area contributed by atoms with Gasteiger partial charge < -0.3 is 4.74 Å². The van der Waals surface area contributed by atoms with Gasteiger partial charge in [0.25, 0.3) is 0 Å². The Bertz CT molecular complexity index is 270. The Labute approximate surface area is 77.8 Å². The first-order valence-electron chi connectivity index (χ1n) is 4.47. The fourth-order valence-corrected chi connectivity index (χ4v) is 1.31. The molecule has 0 unspecified atom stereocenters. The number of ether oxygens (including phenoxy) is 1. The molecule has 5 heteroatoms. The van der Waals surface area contributed by atoms with E-state index in [0.717, 1.165) is 0 Å². The largest absolute Gasteiger partial charge is 0.451 e. The minimum absolute atomic E-state index is 0.279. The van der Waals surface area contributed by atoms with E-state index in [0.29, 0.717) is 0 Å². The van der Waals surface area contributed by atoms with Crippen LogP contribution in [0.25, 0.3) is 0 Å². The number of carbonyl (C=O) groups excluding carboxylic acids is 1. The summed E-state index contributed by atoms with van der Waals surface area (Å²) < 4.78 is 4.64. The maximum absolute atomic E-state index is 11.2. The molecule has 0 aliphatic carbocycles. The fraction of sp³-hybridized carbons (Fsp3) is 0.875. The topological polar surface area (TPSA) is 41.1 Å². The Hall–Kier alpha value is -1.13. The van der Waals surface area contributed by atoms with Crippen LogP contribution in [0.1, 0.15) is 39.8 Å². The summed E-state index contributed by atoms with van der Waals surface area (Å²) in [4.78, 5) is 16.5. The van der Waals surface area contributed by atoms with Gasteiger partial charge in [0.05, 0.1) is 19.2 Å². The van der Waals surface area contributed by atoms with E-state index in [1.165, 1.54) is 11.9 Å². The third kappa shape index (κ3) is 1.64. The lowest BCUT2D eigenvalue weighted by Gasteiger charge is -1.98. The second-order valence-corrected chi connectivity index (χ2v) is 3.59. The summed E-state index contributed by atoms with van der Waals surface area (Å²) in [5.74, 6) is 0. The quantitative estimate of drug-likeness (QED) is 0.709. The first kappa shape index (κ1) is 9.95. The van der Waals surface area contributed by atoms with Gasteiger partial charge in [-0.15, -0.1) is 0 Å². The summed E-state index contributed by atoms with van der Waals surface area (Å²) in [6.07, 6.45) is -0.331. The Kier molecular flexibility index (Phi) is 2.54. The zero-order valence-electron chi connectivity index (χ0n) is 8.81. The van der Waals surface area contributed by atoms with Crippen LogP contribution in [0.3, 0.4) is 0 Å². The van der Waals surface area contributed by atoms with Crippen molar-refractivity contribution >= 4 is 6.09 Å². The standard InChI is InChI=1S/C8H17N3O2/c1-6(2)9-10(7(3)4)11(9)8(12)13-5/h6-7H,1-5H3. The molecule has 76 valence electrons. The predicted molar refractivity (Wildman–Crippen MR) is 49.0 cm³/mol. The summed E-state index contributed by atoms with van der Waals surface area (Å²) in [6, 6.07) is 0.558. The molecule has 0 saturated heterocycles. The maximum atomic E-state index is 11.2. The van der Waals surface area contributed by atoms with E-state index in [1.54, 1.807) is 0 Å². The van der Waals surface area contributed by atoms with E-state index in [9.17, 15) is 4.79 Å². The average Bonchev–Trinajstić information content (AvgIpc) is 2.77. The van der Waals surface area contributed by atoms with E-state index >= 15 is 0 Å². The molecule has 5 nitrogen and oxygen atoms in total. The number of methoxy groups -OCH3 is 1. The normalized spacial score (nSPS) is 11.6. The number of rotatable bonds is 2. The second-order valence-electron chi connectivity index (χ2n) is 3.59. The number of hydrogen-bond donors (Lipinski definition) is 0. The summed E-state index contributed by atoms with van der Waals surface area (Å²) >= 11 is 0. The lowest BCUT2D eigenvalue weighted by molar-refractivity contribution is 0.168. The molecule has 0 spiro atoms. The van der Waals surface area contributed by atoms with Crippen molar-refractivity contribution in [3.8, 4) is 0 Å². The highest BCUT2D eigenvalue weighted by Gasteiger charge is 2.28. The molecule has 0 bridgehead atoms. The van der Waals surface area contributed by atoms with Gasteiger partial charge in [-0.25, -0.2) is 4.79 Å². The van der Waals surface area contributed by atoms with E-state index in [4.69, 9.17) is 0 Å². The summed E-state index contributed by atoms with van der Waals surface area (Å²) in [7, 11) is 1.39. The van der Waals surface area contributed by atoms with Gasteiger partial charge in [-0.1, -0.05) is 4.80 Å². The van der Waals surface area contributed by atoms with Gasteiger partial charge >= 0.3 is 6.09 Å². The molecule has 0 aliphatic heterocycles. The van der Waals surface area contributed by atoms with Gasteiger partial charge in [-0.2, -0.15) is 9.59 Å². The molecule has 0 saturated carbocycles. The van der Waals surface area contributed by atoms with Crippen molar-refractivity contribution < 1.29 is 9.53 Å². The third-order valence-electron chi connectivity index (χ3n) is 1.83. The maximum Gasteiger partial charge on any atom is 0.451 e. The van der Waals surface area contributed by atoms with E-state index < -0.39 is 0 Å². The Morgan fingerprint density at radius 3 is 1.69 bits per heavy atom. The molecule has 13 heavy (non-hydrogen) atoms.